The molecule has 0 atom stereocenters. The van der Waals surface area contributed by atoms with Crippen molar-refractivity contribution in [2.24, 2.45) is 0 Å². The Morgan fingerprint density at radius 1 is 0.343 bits per heavy atom. The Morgan fingerprint density at radius 3 is 0.857 bits per heavy atom. The summed E-state index contributed by atoms with van der Waals surface area (Å²) in [5.41, 5.74) is 5.16. The van der Waals surface area contributed by atoms with Gasteiger partial charge in [0.15, 0.2) is 0 Å². The third kappa shape index (κ3) is 6.61. The number of benzene rings is 5. The Bertz CT molecular complexity index is 1130. The lowest BCUT2D eigenvalue weighted by molar-refractivity contribution is 0.772. The lowest BCUT2D eigenvalue weighted by atomic mass is 9.86. The average Bonchev–Trinajstić information content (AvgIpc) is 2.93. The van der Waals surface area contributed by atoms with Crippen molar-refractivity contribution in [3.8, 4) is 22.3 Å². The predicted octanol–water partition coefficient (Wildman–Crippen LogP) is 11.3. The van der Waals surface area contributed by atoms with Crippen LogP contribution in [-0.4, -0.2) is 0 Å². The molecule has 0 saturated carbocycles. The van der Waals surface area contributed by atoms with Crippen LogP contribution in [0.2, 0.25) is 0 Å². The Kier molecular flexibility index (Phi) is 10.6. The molecule has 0 aliphatic carbocycles. The van der Waals surface area contributed by atoms with Crippen molar-refractivity contribution in [2.45, 2.75) is 59.8 Å². The van der Waals surface area contributed by atoms with Crippen LogP contribution >= 0.6 is 0 Å². The average molecular weight is 461 g/mol. The molecule has 0 radical (unpaired) electrons. The van der Waals surface area contributed by atoms with Crippen molar-refractivity contribution in [3.05, 3.63) is 109 Å². The topological polar surface area (TPSA) is 0 Å². The van der Waals surface area contributed by atoms with E-state index in [1.54, 1.807) is 0 Å². The Labute approximate surface area is 212 Å². The van der Waals surface area contributed by atoms with E-state index >= 15 is 0 Å². The van der Waals surface area contributed by atoms with Crippen molar-refractivity contribution in [1.82, 2.24) is 0 Å². The van der Waals surface area contributed by atoms with E-state index in [-0.39, 0.29) is 0 Å². The standard InChI is InChI=1S/C26H18.C5H12.C4H10/c1-3-11-19(12-4-1)25-21-15-7-9-17-23(21)26(20-13-5-2-6-14-20)24-18-10-8-16-22(24)25;1-3-5-4-2;1-3-4-2/h1-18H;3-5H2,1-2H3;3-4H2,1-2H3. The largest absolute Gasteiger partial charge is 0.0654 e. The van der Waals surface area contributed by atoms with Gasteiger partial charge in [0.25, 0.3) is 0 Å². The highest BCUT2D eigenvalue weighted by molar-refractivity contribution is 6.21. The monoisotopic (exact) mass is 460 g/mol. The molecular weight excluding hydrogens is 420 g/mol. The summed E-state index contributed by atoms with van der Waals surface area (Å²) in [6.45, 7) is 8.78. The lowest BCUT2D eigenvalue weighted by Crippen LogP contribution is -1.90. The summed E-state index contributed by atoms with van der Waals surface area (Å²) in [4.78, 5) is 0. The number of unbranched alkanes of at least 4 members (excludes halogenated alkanes) is 3. The summed E-state index contributed by atoms with van der Waals surface area (Å²) >= 11 is 0. The van der Waals surface area contributed by atoms with Gasteiger partial charge >= 0.3 is 0 Å². The van der Waals surface area contributed by atoms with Crippen LogP contribution in [0.15, 0.2) is 109 Å². The molecule has 180 valence electrons. The number of fused-ring (bicyclic) bond motifs is 2. The van der Waals surface area contributed by atoms with Crippen molar-refractivity contribution >= 4 is 21.5 Å². The fraction of sp³-hybridized carbons (Fsp3) is 0.257. The van der Waals surface area contributed by atoms with Crippen LogP contribution in [0.25, 0.3) is 43.8 Å². The Balaban J connectivity index is 0.000000330. The van der Waals surface area contributed by atoms with Gasteiger partial charge in [0, 0.05) is 0 Å². The van der Waals surface area contributed by atoms with Crippen molar-refractivity contribution in [3.63, 3.8) is 0 Å². The predicted molar refractivity (Wildman–Crippen MR) is 158 cm³/mol. The first-order valence-corrected chi connectivity index (χ1v) is 13.3. The van der Waals surface area contributed by atoms with Crippen LogP contribution in [0.5, 0.6) is 0 Å². The fourth-order valence-corrected chi connectivity index (χ4v) is 4.31. The molecule has 35 heavy (non-hydrogen) atoms. The zero-order valence-electron chi connectivity index (χ0n) is 21.9. The molecule has 5 aromatic carbocycles. The minimum Gasteiger partial charge on any atom is -0.0654 e. The zero-order chi connectivity index (χ0) is 24.9. The van der Waals surface area contributed by atoms with Gasteiger partial charge in [-0.1, -0.05) is 169 Å². The first-order chi connectivity index (χ1) is 17.3. The second-order valence-corrected chi connectivity index (χ2v) is 8.93. The summed E-state index contributed by atoms with van der Waals surface area (Å²) in [6, 6.07) is 39.0. The molecule has 0 aromatic heterocycles. The normalized spacial score (nSPS) is 10.3. The maximum Gasteiger partial charge on any atom is -0.00264 e. The maximum atomic E-state index is 2.25. The van der Waals surface area contributed by atoms with Gasteiger partial charge in [-0.25, -0.2) is 0 Å². The van der Waals surface area contributed by atoms with Gasteiger partial charge in [0.05, 0.1) is 0 Å². The summed E-state index contributed by atoms with van der Waals surface area (Å²) < 4.78 is 0. The highest BCUT2D eigenvalue weighted by Crippen LogP contribution is 2.43. The Morgan fingerprint density at radius 2 is 0.629 bits per heavy atom. The van der Waals surface area contributed by atoms with Crippen LogP contribution in [0.4, 0.5) is 0 Å². The Hall–Kier alpha value is -3.38. The van der Waals surface area contributed by atoms with Gasteiger partial charge in [-0.05, 0) is 43.8 Å². The molecule has 0 N–H and O–H groups in total. The van der Waals surface area contributed by atoms with E-state index in [4.69, 9.17) is 0 Å². The minimum atomic E-state index is 1.26. The minimum absolute atomic E-state index is 1.26. The highest BCUT2D eigenvalue weighted by atomic mass is 14.2. The van der Waals surface area contributed by atoms with E-state index < -0.39 is 0 Å². The first-order valence-electron chi connectivity index (χ1n) is 13.3. The van der Waals surface area contributed by atoms with Crippen LogP contribution in [-0.2, 0) is 0 Å². The van der Waals surface area contributed by atoms with Gasteiger partial charge in [-0.3, -0.25) is 0 Å². The molecule has 0 aliphatic rings. The molecule has 0 nitrogen and oxygen atoms in total. The molecule has 0 saturated heterocycles. The van der Waals surface area contributed by atoms with Crippen LogP contribution in [0.1, 0.15) is 59.8 Å². The van der Waals surface area contributed by atoms with Crippen LogP contribution in [0, 0.1) is 0 Å². The first kappa shape index (κ1) is 26.2. The van der Waals surface area contributed by atoms with E-state index in [2.05, 4.69) is 137 Å². The summed E-state index contributed by atoms with van der Waals surface area (Å²) in [5.74, 6) is 0. The molecule has 5 rings (SSSR count). The van der Waals surface area contributed by atoms with Gasteiger partial charge in [-0.15, -0.1) is 0 Å². The number of rotatable bonds is 5. The van der Waals surface area contributed by atoms with E-state index in [0.29, 0.717) is 0 Å². The molecule has 0 heteroatoms. The molecule has 0 bridgehead atoms. The molecule has 0 fully saturated rings. The molecule has 0 heterocycles. The smallest absolute Gasteiger partial charge is 0.00264 e. The van der Waals surface area contributed by atoms with Crippen LogP contribution < -0.4 is 0 Å². The maximum absolute atomic E-state index is 2.25. The quantitative estimate of drug-likeness (QED) is 0.229. The third-order valence-electron chi connectivity index (χ3n) is 6.26. The fourth-order valence-electron chi connectivity index (χ4n) is 4.31. The van der Waals surface area contributed by atoms with Crippen molar-refractivity contribution in [1.29, 1.82) is 0 Å². The molecule has 0 spiro atoms. The summed E-state index contributed by atoms with van der Waals surface area (Å²) in [5, 5.41) is 5.21. The van der Waals surface area contributed by atoms with E-state index in [1.165, 1.54) is 75.9 Å². The van der Waals surface area contributed by atoms with E-state index in [0.717, 1.165) is 0 Å². The number of hydrogen-bond donors (Lipinski definition) is 0. The SMILES string of the molecule is CCCC.CCCCC.c1ccc(-c2c3ccccc3c(-c3ccccc3)c3ccccc23)cc1. The molecule has 5 aromatic rings. The highest BCUT2D eigenvalue weighted by Gasteiger charge is 2.15. The molecule has 0 unspecified atom stereocenters. The second kappa shape index (κ2) is 14.1. The van der Waals surface area contributed by atoms with Crippen molar-refractivity contribution < 1.29 is 0 Å². The van der Waals surface area contributed by atoms with Gasteiger partial charge in [0.1, 0.15) is 0 Å². The van der Waals surface area contributed by atoms with Gasteiger partial charge < -0.3 is 0 Å². The number of hydrogen-bond acceptors (Lipinski definition) is 0. The second-order valence-electron chi connectivity index (χ2n) is 8.93. The van der Waals surface area contributed by atoms with Gasteiger partial charge in [0.2, 0.25) is 0 Å². The van der Waals surface area contributed by atoms with Crippen LogP contribution in [0.3, 0.4) is 0 Å². The summed E-state index contributed by atoms with van der Waals surface area (Å²) in [7, 11) is 0. The molecule has 0 amide bonds. The van der Waals surface area contributed by atoms with Gasteiger partial charge in [-0.2, -0.15) is 0 Å². The zero-order valence-corrected chi connectivity index (χ0v) is 21.9. The third-order valence-corrected chi connectivity index (χ3v) is 6.26. The van der Waals surface area contributed by atoms with E-state index in [1.807, 2.05) is 0 Å². The molecular formula is C35H40. The lowest BCUT2D eigenvalue weighted by Gasteiger charge is -2.17. The van der Waals surface area contributed by atoms with Crippen molar-refractivity contribution in [2.75, 3.05) is 0 Å². The summed E-state index contributed by atoms with van der Waals surface area (Å²) in [6.07, 6.45) is 6.72. The van der Waals surface area contributed by atoms with E-state index in [9.17, 15) is 0 Å². The molecule has 0 aliphatic heterocycles.